The van der Waals surface area contributed by atoms with Gasteiger partial charge in [-0.15, -0.1) is 24.0 Å². The van der Waals surface area contributed by atoms with E-state index in [1.165, 1.54) is 32.2 Å². The summed E-state index contributed by atoms with van der Waals surface area (Å²) in [6, 6.07) is 5.46. The van der Waals surface area contributed by atoms with Gasteiger partial charge in [0, 0.05) is 39.5 Å². The summed E-state index contributed by atoms with van der Waals surface area (Å²) in [5.41, 5.74) is 1.81. The third-order valence-corrected chi connectivity index (χ3v) is 6.36. The Morgan fingerprint density at radius 3 is 2.62 bits per heavy atom. The van der Waals surface area contributed by atoms with Gasteiger partial charge in [-0.3, -0.25) is 4.99 Å². The molecular weight excluding hydrogens is 499 g/mol. The van der Waals surface area contributed by atoms with E-state index >= 15 is 0 Å². The van der Waals surface area contributed by atoms with Gasteiger partial charge in [-0.1, -0.05) is 26.0 Å². The first-order chi connectivity index (χ1) is 13.2. The zero-order valence-corrected chi connectivity index (χ0v) is 21.5. The number of aryl methyl sites for hydroxylation is 1. The summed E-state index contributed by atoms with van der Waals surface area (Å²) in [6.07, 6.45) is 3.76. The molecule has 0 aromatic heterocycles. The lowest BCUT2D eigenvalue weighted by Crippen LogP contribution is -2.44. The molecule has 8 heteroatoms. The van der Waals surface area contributed by atoms with Gasteiger partial charge in [0.1, 0.15) is 0 Å². The van der Waals surface area contributed by atoms with E-state index in [9.17, 15) is 8.42 Å². The van der Waals surface area contributed by atoms with Crippen LogP contribution in [0.15, 0.2) is 28.1 Å². The van der Waals surface area contributed by atoms with Gasteiger partial charge >= 0.3 is 0 Å². The van der Waals surface area contributed by atoms with Crippen LogP contribution in [0.5, 0.6) is 0 Å². The number of guanidine groups is 1. The van der Waals surface area contributed by atoms with Crippen molar-refractivity contribution in [1.82, 2.24) is 15.5 Å². The zero-order valence-electron chi connectivity index (χ0n) is 18.4. The minimum Gasteiger partial charge on any atom is -0.356 e. The van der Waals surface area contributed by atoms with Gasteiger partial charge in [0.15, 0.2) is 15.8 Å². The summed E-state index contributed by atoms with van der Waals surface area (Å²) in [5.74, 6) is 2.13. The molecule has 0 radical (unpaired) electrons. The van der Waals surface area contributed by atoms with Gasteiger partial charge in [0.05, 0.1) is 4.90 Å². The Morgan fingerprint density at radius 1 is 1.31 bits per heavy atom. The van der Waals surface area contributed by atoms with Gasteiger partial charge in [-0.25, -0.2) is 8.42 Å². The zero-order chi connectivity index (χ0) is 20.7. The molecule has 1 saturated heterocycles. The Kier molecular flexibility index (Phi) is 10.9. The van der Waals surface area contributed by atoms with Crippen LogP contribution in [0.3, 0.4) is 0 Å². The summed E-state index contributed by atoms with van der Waals surface area (Å²) in [7, 11) is -1.40. The minimum atomic E-state index is -3.18. The SMILES string of the molecule is CN=C(NCc1ccc(S(C)(=O)=O)c(C)c1)NCC1CCCN(CC(C)C)C1.I. The second kappa shape index (κ2) is 12.1. The molecule has 6 nitrogen and oxygen atoms in total. The summed E-state index contributed by atoms with van der Waals surface area (Å²) in [5, 5.41) is 6.78. The average Bonchev–Trinajstić information content (AvgIpc) is 2.60. The topological polar surface area (TPSA) is 73.8 Å². The molecule has 2 rings (SSSR count). The van der Waals surface area contributed by atoms with Crippen molar-refractivity contribution in [2.24, 2.45) is 16.8 Å². The van der Waals surface area contributed by atoms with Crippen molar-refractivity contribution in [1.29, 1.82) is 0 Å². The number of aliphatic imine (C=N–C) groups is 1. The molecule has 0 bridgehead atoms. The van der Waals surface area contributed by atoms with Crippen molar-refractivity contribution in [2.75, 3.05) is 39.5 Å². The van der Waals surface area contributed by atoms with Crippen LogP contribution in [0.1, 0.15) is 37.8 Å². The van der Waals surface area contributed by atoms with E-state index in [-0.39, 0.29) is 24.0 Å². The number of hydrogen-bond donors (Lipinski definition) is 2. The van der Waals surface area contributed by atoms with Crippen molar-refractivity contribution in [3.8, 4) is 0 Å². The summed E-state index contributed by atoms with van der Waals surface area (Å²) < 4.78 is 23.5. The first-order valence-corrected chi connectivity index (χ1v) is 12.0. The predicted molar refractivity (Wildman–Crippen MR) is 132 cm³/mol. The maximum Gasteiger partial charge on any atom is 0.191 e. The van der Waals surface area contributed by atoms with Crippen LogP contribution in [0, 0.1) is 18.8 Å². The molecule has 0 aliphatic carbocycles. The fourth-order valence-electron chi connectivity index (χ4n) is 3.89. The summed E-state index contributed by atoms with van der Waals surface area (Å²) in [4.78, 5) is 7.28. The smallest absolute Gasteiger partial charge is 0.191 e. The number of likely N-dealkylation sites (tertiary alicyclic amines) is 1. The van der Waals surface area contributed by atoms with E-state index in [0.717, 1.165) is 30.2 Å². The minimum absolute atomic E-state index is 0. The Labute approximate surface area is 193 Å². The van der Waals surface area contributed by atoms with Crippen LogP contribution < -0.4 is 10.6 Å². The van der Waals surface area contributed by atoms with E-state index in [4.69, 9.17) is 0 Å². The monoisotopic (exact) mass is 536 g/mol. The van der Waals surface area contributed by atoms with Crippen molar-refractivity contribution in [3.63, 3.8) is 0 Å². The number of benzene rings is 1. The Balaban J connectivity index is 0.00000420. The number of sulfone groups is 1. The van der Waals surface area contributed by atoms with Crippen LogP contribution >= 0.6 is 24.0 Å². The molecule has 1 aromatic carbocycles. The molecule has 0 saturated carbocycles. The van der Waals surface area contributed by atoms with Crippen molar-refractivity contribution in [2.45, 2.75) is 45.1 Å². The van der Waals surface area contributed by atoms with Crippen LogP contribution in [-0.2, 0) is 16.4 Å². The highest BCUT2D eigenvalue weighted by molar-refractivity contribution is 14.0. The normalized spacial score (nSPS) is 18.4. The number of piperidine rings is 1. The van der Waals surface area contributed by atoms with Crippen LogP contribution in [0.4, 0.5) is 0 Å². The van der Waals surface area contributed by atoms with Gasteiger partial charge in [0.2, 0.25) is 0 Å². The summed E-state index contributed by atoms with van der Waals surface area (Å²) in [6.45, 7) is 11.4. The number of halogens is 1. The van der Waals surface area contributed by atoms with Gasteiger partial charge in [-0.2, -0.15) is 0 Å². The third-order valence-electron chi connectivity index (χ3n) is 5.11. The molecule has 1 aliphatic heterocycles. The van der Waals surface area contributed by atoms with Gasteiger partial charge < -0.3 is 15.5 Å². The maximum atomic E-state index is 11.7. The van der Waals surface area contributed by atoms with Crippen LogP contribution in [0.25, 0.3) is 0 Å². The van der Waals surface area contributed by atoms with E-state index in [1.54, 1.807) is 13.1 Å². The van der Waals surface area contributed by atoms with E-state index < -0.39 is 9.84 Å². The van der Waals surface area contributed by atoms with Gasteiger partial charge in [-0.05, 0) is 55.3 Å². The number of nitrogens with zero attached hydrogens (tertiary/aromatic N) is 2. The van der Waals surface area contributed by atoms with Gasteiger partial charge in [0.25, 0.3) is 0 Å². The molecule has 1 aromatic rings. The van der Waals surface area contributed by atoms with Crippen LogP contribution in [0.2, 0.25) is 0 Å². The molecule has 1 unspecified atom stereocenters. The molecule has 1 atom stereocenters. The fourth-order valence-corrected chi connectivity index (χ4v) is 4.84. The van der Waals surface area contributed by atoms with Crippen molar-refractivity contribution < 1.29 is 8.42 Å². The highest BCUT2D eigenvalue weighted by Gasteiger charge is 2.20. The molecule has 2 N–H and O–H groups in total. The number of rotatable bonds is 7. The molecular formula is C21H37IN4O2S. The average molecular weight is 537 g/mol. The molecule has 1 fully saturated rings. The highest BCUT2D eigenvalue weighted by Crippen LogP contribution is 2.18. The number of nitrogens with one attached hydrogen (secondary N) is 2. The Bertz CT molecular complexity index is 781. The maximum absolute atomic E-state index is 11.7. The largest absolute Gasteiger partial charge is 0.356 e. The summed E-state index contributed by atoms with van der Waals surface area (Å²) >= 11 is 0. The highest BCUT2D eigenvalue weighted by atomic mass is 127. The Hall–Kier alpha value is -0.870. The lowest BCUT2D eigenvalue weighted by Gasteiger charge is -2.34. The molecule has 0 spiro atoms. The van der Waals surface area contributed by atoms with E-state index in [2.05, 4.69) is 34.4 Å². The first kappa shape index (κ1) is 26.2. The fraction of sp³-hybridized carbons (Fsp3) is 0.667. The number of hydrogen-bond acceptors (Lipinski definition) is 4. The second-order valence-corrected chi connectivity index (χ2v) is 10.3. The van der Waals surface area contributed by atoms with Crippen molar-refractivity contribution in [3.05, 3.63) is 29.3 Å². The second-order valence-electron chi connectivity index (χ2n) is 8.34. The molecule has 0 amide bonds. The quantitative estimate of drug-likeness (QED) is 0.319. The molecule has 29 heavy (non-hydrogen) atoms. The lowest BCUT2D eigenvalue weighted by atomic mass is 9.97. The third kappa shape index (κ3) is 8.80. The first-order valence-electron chi connectivity index (χ1n) is 10.2. The molecule has 1 heterocycles. The predicted octanol–water partition coefficient (Wildman–Crippen LogP) is 3.05. The van der Waals surface area contributed by atoms with E-state index in [0.29, 0.717) is 23.3 Å². The van der Waals surface area contributed by atoms with Crippen LogP contribution in [-0.4, -0.2) is 58.8 Å². The molecule has 166 valence electrons. The van der Waals surface area contributed by atoms with Crippen molar-refractivity contribution >= 4 is 39.8 Å². The lowest BCUT2D eigenvalue weighted by molar-refractivity contribution is 0.159. The van der Waals surface area contributed by atoms with E-state index in [1.807, 2.05) is 19.1 Å². The Morgan fingerprint density at radius 2 is 2.03 bits per heavy atom. The molecule has 1 aliphatic rings. The standard InChI is InChI=1S/C21H36N4O2S.HI/c1-16(2)14-25-10-6-7-19(15-25)13-24-21(22-4)23-12-18-8-9-20(17(3)11-18)28(5,26)27;/h8-9,11,16,19H,6-7,10,12-15H2,1-5H3,(H2,22,23,24);1H.